The zero-order valence-corrected chi connectivity index (χ0v) is 10.6. The molecule has 0 unspecified atom stereocenters. The van der Waals surface area contributed by atoms with Gasteiger partial charge in [0.2, 0.25) is 0 Å². The van der Waals surface area contributed by atoms with E-state index in [1.54, 1.807) is 0 Å². The zero-order chi connectivity index (χ0) is 13.8. The molecule has 0 aromatic rings. The van der Waals surface area contributed by atoms with Gasteiger partial charge in [0.15, 0.2) is 0 Å². The second-order valence-corrected chi connectivity index (χ2v) is 3.13. The molecule has 0 aromatic heterocycles. The fourth-order valence-corrected chi connectivity index (χ4v) is 0.586. The summed E-state index contributed by atoms with van der Waals surface area (Å²) in [5.41, 5.74) is 0.635. The predicted molar refractivity (Wildman–Crippen MR) is 64.7 cm³/mol. The highest BCUT2D eigenvalue weighted by atomic mass is 16.5. The smallest absolute Gasteiger partial charge is 0.333 e. The third-order valence-electron chi connectivity index (χ3n) is 1.59. The predicted octanol–water partition coefficient (Wildman–Crippen LogP) is 1.79. The summed E-state index contributed by atoms with van der Waals surface area (Å²) in [7, 11) is 1.34. The van der Waals surface area contributed by atoms with Crippen molar-refractivity contribution in [3.05, 3.63) is 24.3 Å². The number of ether oxygens (including phenoxy) is 2. The first-order valence-corrected chi connectivity index (χ1v) is 5.09. The molecule has 0 aliphatic carbocycles. The maximum absolute atomic E-state index is 10.7. The Morgan fingerprint density at radius 2 is 1.76 bits per heavy atom. The van der Waals surface area contributed by atoms with Crippen molar-refractivity contribution in [2.24, 2.45) is 0 Å². The van der Waals surface area contributed by atoms with E-state index in [0.717, 1.165) is 0 Å². The number of carboxylic acids is 1. The lowest BCUT2D eigenvalue weighted by molar-refractivity contribution is -0.136. The Morgan fingerprint density at radius 1 is 1.29 bits per heavy atom. The van der Waals surface area contributed by atoms with Crippen molar-refractivity contribution in [1.29, 1.82) is 0 Å². The van der Waals surface area contributed by atoms with Gasteiger partial charge in [-0.1, -0.05) is 13.2 Å². The molecule has 0 rings (SSSR count). The molecule has 0 aliphatic rings. The summed E-state index contributed by atoms with van der Waals surface area (Å²) in [5.74, 6) is -1.29. The van der Waals surface area contributed by atoms with Gasteiger partial charge in [0.25, 0.3) is 0 Å². The van der Waals surface area contributed by atoms with Gasteiger partial charge in [0, 0.05) is 24.2 Å². The summed E-state index contributed by atoms with van der Waals surface area (Å²) in [4.78, 5) is 20.3. The van der Waals surface area contributed by atoms with Crippen LogP contribution >= 0.6 is 0 Å². The first-order chi connectivity index (χ1) is 7.86. The first kappa shape index (κ1) is 17.8. The third kappa shape index (κ3) is 12.3. The van der Waals surface area contributed by atoms with Gasteiger partial charge in [-0.05, 0) is 13.8 Å². The van der Waals surface area contributed by atoms with Crippen molar-refractivity contribution in [2.45, 2.75) is 20.3 Å². The van der Waals surface area contributed by atoms with Crippen LogP contribution in [-0.2, 0) is 19.1 Å². The minimum Gasteiger partial charge on any atom is -0.478 e. The van der Waals surface area contributed by atoms with Gasteiger partial charge in [-0.3, -0.25) is 0 Å². The van der Waals surface area contributed by atoms with E-state index in [1.807, 2.05) is 6.92 Å². The molecule has 1 N–H and O–H groups in total. The number of carboxylic acid groups (broad SMARTS) is 1. The van der Waals surface area contributed by atoms with E-state index < -0.39 is 5.97 Å². The number of rotatable bonds is 6. The standard InChI is InChI=1S/C8H14O3.C4H6O2/c1-4-11-6-5-7(2)8(9)10-3;1-3(2)4(5)6/h2,4-6H2,1,3H3;1H2,2H3,(H,5,6). The van der Waals surface area contributed by atoms with Gasteiger partial charge in [-0.2, -0.15) is 0 Å². The maximum Gasteiger partial charge on any atom is 0.333 e. The van der Waals surface area contributed by atoms with Crippen LogP contribution in [0.15, 0.2) is 24.3 Å². The molecule has 0 heterocycles. The van der Waals surface area contributed by atoms with E-state index in [-0.39, 0.29) is 11.5 Å². The van der Waals surface area contributed by atoms with Crippen LogP contribution in [-0.4, -0.2) is 37.4 Å². The van der Waals surface area contributed by atoms with Crippen molar-refractivity contribution in [3.8, 4) is 0 Å². The molecule has 0 amide bonds. The second kappa shape index (κ2) is 10.9. The summed E-state index contributed by atoms with van der Waals surface area (Å²) < 4.78 is 9.48. The minimum atomic E-state index is -0.935. The highest BCUT2D eigenvalue weighted by Crippen LogP contribution is 1.99. The van der Waals surface area contributed by atoms with Gasteiger partial charge in [0.05, 0.1) is 13.7 Å². The molecule has 5 nitrogen and oxygen atoms in total. The van der Waals surface area contributed by atoms with E-state index in [4.69, 9.17) is 9.84 Å². The molecular weight excluding hydrogens is 224 g/mol. The van der Waals surface area contributed by atoms with Crippen LogP contribution in [0.3, 0.4) is 0 Å². The highest BCUT2D eigenvalue weighted by Gasteiger charge is 2.04. The van der Waals surface area contributed by atoms with Crippen LogP contribution in [0.25, 0.3) is 0 Å². The number of esters is 1. The monoisotopic (exact) mass is 244 g/mol. The summed E-state index contributed by atoms with van der Waals surface area (Å²) >= 11 is 0. The quantitative estimate of drug-likeness (QED) is 0.438. The summed E-state index contributed by atoms with van der Waals surface area (Å²) in [6, 6.07) is 0. The SMILES string of the molecule is C=C(C)C(=O)O.C=C(CCOCC)C(=O)OC. The van der Waals surface area contributed by atoms with Crippen molar-refractivity contribution in [2.75, 3.05) is 20.3 Å². The summed E-state index contributed by atoms with van der Waals surface area (Å²) in [5, 5.41) is 7.89. The fourth-order valence-electron chi connectivity index (χ4n) is 0.586. The molecule has 0 bridgehead atoms. The zero-order valence-electron chi connectivity index (χ0n) is 10.6. The Balaban J connectivity index is 0. The van der Waals surface area contributed by atoms with Crippen molar-refractivity contribution in [3.63, 3.8) is 0 Å². The Hall–Kier alpha value is -1.62. The van der Waals surface area contributed by atoms with Crippen molar-refractivity contribution < 1.29 is 24.2 Å². The van der Waals surface area contributed by atoms with Gasteiger partial charge in [0.1, 0.15) is 0 Å². The largest absolute Gasteiger partial charge is 0.478 e. The van der Waals surface area contributed by atoms with E-state index in [0.29, 0.717) is 25.2 Å². The molecular formula is C12H20O5. The molecule has 0 spiro atoms. The number of aliphatic carboxylic acids is 1. The Morgan fingerprint density at radius 3 is 2.06 bits per heavy atom. The molecule has 98 valence electrons. The molecule has 0 aliphatic heterocycles. The van der Waals surface area contributed by atoms with Crippen molar-refractivity contribution >= 4 is 11.9 Å². The fraction of sp³-hybridized carbons (Fsp3) is 0.500. The third-order valence-corrected chi connectivity index (χ3v) is 1.59. The Bertz CT molecular complexity index is 269. The van der Waals surface area contributed by atoms with E-state index in [2.05, 4.69) is 17.9 Å². The summed E-state index contributed by atoms with van der Waals surface area (Å²) in [6.07, 6.45) is 0.542. The van der Waals surface area contributed by atoms with Crippen LogP contribution in [0.2, 0.25) is 0 Å². The first-order valence-electron chi connectivity index (χ1n) is 5.09. The van der Waals surface area contributed by atoms with E-state index in [9.17, 15) is 9.59 Å². The summed E-state index contributed by atoms with van der Waals surface area (Å²) in [6.45, 7) is 11.2. The van der Waals surface area contributed by atoms with Gasteiger partial charge >= 0.3 is 11.9 Å². The van der Waals surface area contributed by atoms with Crippen LogP contribution in [0.1, 0.15) is 20.3 Å². The molecule has 5 heteroatoms. The minimum absolute atomic E-state index is 0.176. The number of methoxy groups -OCH3 is 1. The molecule has 17 heavy (non-hydrogen) atoms. The van der Waals surface area contributed by atoms with Crippen molar-refractivity contribution in [1.82, 2.24) is 0 Å². The maximum atomic E-state index is 10.7. The topological polar surface area (TPSA) is 72.8 Å². The Labute approximate surface area is 102 Å². The van der Waals surface area contributed by atoms with Gasteiger partial charge in [-0.25, -0.2) is 9.59 Å². The van der Waals surface area contributed by atoms with E-state index in [1.165, 1.54) is 14.0 Å². The Kier molecular flexibility index (Phi) is 11.4. The number of carbonyl (C=O) groups is 2. The number of hydrogen-bond donors (Lipinski definition) is 1. The van der Waals surface area contributed by atoms with Gasteiger partial charge < -0.3 is 14.6 Å². The second-order valence-electron chi connectivity index (χ2n) is 3.13. The lowest BCUT2D eigenvalue weighted by Crippen LogP contribution is -2.06. The number of hydrogen-bond acceptors (Lipinski definition) is 4. The van der Waals surface area contributed by atoms with Crippen LogP contribution in [0, 0.1) is 0 Å². The van der Waals surface area contributed by atoms with Crippen LogP contribution in [0.4, 0.5) is 0 Å². The average Bonchev–Trinajstić information content (AvgIpc) is 2.28. The molecule has 0 saturated heterocycles. The average molecular weight is 244 g/mol. The lowest BCUT2D eigenvalue weighted by Gasteiger charge is -2.02. The molecule has 0 saturated carbocycles. The molecule has 0 atom stereocenters. The van der Waals surface area contributed by atoms with Gasteiger partial charge in [-0.15, -0.1) is 0 Å². The lowest BCUT2D eigenvalue weighted by atomic mass is 10.2. The normalized spacial score (nSPS) is 8.65. The van der Waals surface area contributed by atoms with E-state index >= 15 is 0 Å². The van der Waals surface area contributed by atoms with Crippen LogP contribution < -0.4 is 0 Å². The number of carbonyl (C=O) groups excluding carboxylic acids is 1. The highest BCUT2D eigenvalue weighted by molar-refractivity contribution is 5.87. The molecule has 0 radical (unpaired) electrons. The molecule has 0 aromatic carbocycles. The van der Waals surface area contributed by atoms with Crippen LogP contribution in [0.5, 0.6) is 0 Å². The molecule has 0 fully saturated rings.